The summed E-state index contributed by atoms with van der Waals surface area (Å²) in [6, 6.07) is 14.0. The zero-order valence-electron chi connectivity index (χ0n) is 12.3. The van der Waals surface area contributed by atoms with Crippen molar-refractivity contribution in [3.63, 3.8) is 0 Å². The number of rotatable bonds is 4. The van der Waals surface area contributed by atoms with Crippen LogP contribution in [-0.4, -0.2) is 16.5 Å². The summed E-state index contributed by atoms with van der Waals surface area (Å²) in [5, 5.41) is 0. The molecule has 108 valence electrons. The van der Waals surface area contributed by atoms with E-state index in [1.807, 2.05) is 43.5 Å². The molecule has 21 heavy (non-hydrogen) atoms. The van der Waals surface area contributed by atoms with E-state index in [1.54, 1.807) is 7.11 Å². The van der Waals surface area contributed by atoms with Gasteiger partial charge in [0.05, 0.1) is 18.5 Å². The van der Waals surface area contributed by atoms with Crippen molar-refractivity contribution in [2.45, 2.75) is 19.4 Å². The topological polar surface area (TPSA) is 52.5 Å². The van der Waals surface area contributed by atoms with E-state index in [4.69, 9.17) is 15.5 Å². The van der Waals surface area contributed by atoms with Crippen molar-refractivity contribution in [3.8, 4) is 5.75 Å². The third kappa shape index (κ3) is 2.62. The fourth-order valence-corrected chi connectivity index (χ4v) is 2.61. The second-order valence-electron chi connectivity index (χ2n) is 5.19. The van der Waals surface area contributed by atoms with E-state index in [1.165, 1.54) is 5.56 Å². The highest BCUT2D eigenvalue weighted by Crippen LogP contribution is 2.22. The summed E-state index contributed by atoms with van der Waals surface area (Å²) in [5.41, 5.74) is 10.4. The molecular formula is C17H19N3O. The number of imidazole rings is 1. The van der Waals surface area contributed by atoms with Gasteiger partial charge in [0.15, 0.2) is 0 Å². The van der Waals surface area contributed by atoms with Gasteiger partial charge in [-0.15, -0.1) is 0 Å². The quantitative estimate of drug-likeness (QED) is 0.800. The van der Waals surface area contributed by atoms with E-state index in [9.17, 15) is 0 Å². The highest BCUT2D eigenvalue weighted by atomic mass is 16.5. The summed E-state index contributed by atoms with van der Waals surface area (Å²) < 4.78 is 7.26. The standard InChI is InChI=1S/C17H19N3O/c1-12(18)17-15(19-16-5-3-4-10-20(16)17)11-13-6-8-14(21-2)9-7-13/h3-10,12H,11,18H2,1-2H3. The van der Waals surface area contributed by atoms with Crippen LogP contribution in [0.3, 0.4) is 0 Å². The Labute approximate surface area is 124 Å². The molecule has 0 aliphatic carbocycles. The largest absolute Gasteiger partial charge is 0.497 e. The van der Waals surface area contributed by atoms with Gasteiger partial charge in [0, 0.05) is 18.7 Å². The minimum Gasteiger partial charge on any atom is -0.497 e. The number of pyridine rings is 1. The van der Waals surface area contributed by atoms with Gasteiger partial charge in [0.2, 0.25) is 0 Å². The number of hydrogen-bond donors (Lipinski definition) is 1. The summed E-state index contributed by atoms with van der Waals surface area (Å²) in [5.74, 6) is 0.862. The molecule has 0 saturated carbocycles. The molecule has 3 aromatic rings. The highest BCUT2D eigenvalue weighted by molar-refractivity contribution is 5.45. The van der Waals surface area contributed by atoms with Gasteiger partial charge in [0.1, 0.15) is 11.4 Å². The highest BCUT2D eigenvalue weighted by Gasteiger charge is 2.15. The first-order valence-corrected chi connectivity index (χ1v) is 7.03. The van der Waals surface area contributed by atoms with Crippen molar-refractivity contribution in [3.05, 3.63) is 65.6 Å². The zero-order chi connectivity index (χ0) is 14.8. The van der Waals surface area contributed by atoms with Crippen LogP contribution in [0.5, 0.6) is 5.75 Å². The molecule has 1 aromatic carbocycles. The van der Waals surface area contributed by atoms with Crippen molar-refractivity contribution in [1.82, 2.24) is 9.38 Å². The second kappa shape index (κ2) is 5.58. The van der Waals surface area contributed by atoms with Crippen LogP contribution in [-0.2, 0) is 6.42 Å². The Kier molecular flexibility index (Phi) is 3.62. The van der Waals surface area contributed by atoms with E-state index in [0.29, 0.717) is 0 Å². The molecule has 2 aromatic heterocycles. The number of benzene rings is 1. The maximum Gasteiger partial charge on any atom is 0.137 e. The SMILES string of the molecule is COc1ccc(Cc2nc3ccccn3c2C(C)N)cc1. The molecule has 4 nitrogen and oxygen atoms in total. The number of hydrogen-bond acceptors (Lipinski definition) is 3. The van der Waals surface area contributed by atoms with Gasteiger partial charge in [-0.3, -0.25) is 0 Å². The van der Waals surface area contributed by atoms with E-state index in [2.05, 4.69) is 16.5 Å². The number of nitrogens with zero attached hydrogens (tertiary/aromatic N) is 2. The maximum absolute atomic E-state index is 6.14. The molecule has 0 saturated heterocycles. The van der Waals surface area contributed by atoms with E-state index in [0.717, 1.165) is 29.2 Å². The molecular weight excluding hydrogens is 262 g/mol. The molecule has 0 bridgehead atoms. The predicted molar refractivity (Wildman–Crippen MR) is 83.6 cm³/mol. The molecule has 3 rings (SSSR count). The normalized spacial score (nSPS) is 12.5. The molecule has 2 N–H and O–H groups in total. The summed E-state index contributed by atoms with van der Waals surface area (Å²) in [6.45, 7) is 1.99. The van der Waals surface area contributed by atoms with Crippen LogP contribution in [0.2, 0.25) is 0 Å². The molecule has 0 spiro atoms. The molecule has 0 amide bonds. The average molecular weight is 281 g/mol. The fraction of sp³-hybridized carbons (Fsp3) is 0.235. The third-order valence-corrected chi connectivity index (χ3v) is 3.61. The molecule has 0 aliphatic rings. The van der Waals surface area contributed by atoms with Gasteiger partial charge in [0.25, 0.3) is 0 Å². The number of fused-ring (bicyclic) bond motifs is 1. The van der Waals surface area contributed by atoms with Crippen LogP contribution in [0.1, 0.15) is 29.9 Å². The maximum atomic E-state index is 6.14. The Morgan fingerprint density at radius 2 is 1.95 bits per heavy atom. The minimum atomic E-state index is -0.0596. The molecule has 0 fully saturated rings. The van der Waals surface area contributed by atoms with Gasteiger partial charge in [-0.25, -0.2) is 4.98 Å². The van der Waals surface area contributed by atoms with Crippen LogP contribution < -0.4 is 10.5 Å². The van der Waals surface area contributed by atoms with Crippen molar-refractivity contribution in [2.75, 3.05) is 7.11 Å². The Bertz CT molecular complexity index is 744. The molecule has 2 heterocycles. The summed E-state index contributed by atoms with van der Waals surface area (Å²) in [6.07, 6.45) is 2.78. The Hall–Kier alpha value is -2.33. The Morgan fingerprint density at radius 1 is 1.19 bits per heavy atom. The summed E-state index contributed by atoms with van der Waals surface area (Å²) in [7, 11) is 1.67. The van der Waals surface area contributed by atoms with Crippen LogP contribution in [0.25, 0.3) is 5.65 Å². The predicted octanol–water partition coefficient (Wildman–Crippen LogP) is 2.95. The first-order valence-electron chi connectivity index (χ1n) is 7.03. The first-order chi connectivity index (χ1) is 10.2. The van der Waals surface area contributed by atoms with Gasteiger partial charge in [-0.1, -0.05) is 18.2 Å². The van der Waals surface area contributed by atoms with E-state index >= 15 is 0 Å². The molecule has 1 atom stereocenters. The monoisotopic (exact) mass is 281 g/mol. The lowest BCUT2D eigenvalue weighted by atomic mass is 10.1. The van der Waals surface area contributed by atoms with Gasteiger partial charge in [-0.05, 0) is 36.8 Å². The molecule has 1 unspecified atom stereocenters. The van der Waals surface area contributed by atoms with Gasteiger partial charge >= 0.3 is 0 Å². The van der Waals surface area contributed by atoms with Crippen LogP contribution in [0.4, 0.5) is 0 Å². The van der Waals surface area contributed by atoms with Crippen molar-refractivity contribution in [2.24, 2.45) is 5.73 Å². The average Bonchev–Trinajstić information content (AvgIpc) is 2.86. The van der Waals surface area contributed by atoms with Crippen molar-refractivity contribution >= 4 is 5.65 Å². The van der Waals surface area contributed by atoms with Crippen LogP contribution >= 0.6 is 0 Å². The first kappa shape index (κ1) is 13.6. The number of ether oxygens (including phenoxy) is 1. The second-order valence-corrected chi connectivity index (χ2v) is 5.19. The lowest BCUT2D eigenvalue weighted by Crippen LogP contribution is -2.11. The smallest absolute Gasteiger partial charge is 0.137 e. The van der Waals surface area contributed by atoms with Gasteiger partial charge < -0.3 is 14.9 Å². The number of aromatic nitrogens is 2. The molecule has 0 aliphatic heterocycles. The molecule has 0 radical (unpaired) electrons. The van der Waals surface area contributed by atoms with Crippen molar-refractivity contribution < 1.29 is 4.74 Å². The van der Waals surface area contributed by atoms with Gasteiger partial charge in [-0.2, -0.15) is 0 Å². The lowest BCUT2D eigenvalue weighted by Gasteiger charge is -2.09. The van der Waals surface area contributed by atoms with Crippen LogP contribution in [0.15, 0.2) is 48.7 Å². The molecule has 4 heteroatoms. The minimum absolute atomic E-state index is 0.0596. The zero-order valence-corrected chi connectivity index (χ0v) is 12.3. The number of nitrogens with two attached hydrogens (primary N) is 1. The van der Waals surface area contributed by atoms with Crippen molar-refractivity contribution in [1.29, 1.82) is 0 Å². The summed E-state index contributed by atoms with van der Waals surface area (Å²) in [4.78, 5) is 4.72. The lowest BCUT2D eigenvalue weighted by molar-refractivity contribution is 0.414. The van der Waals surface area contributed by atoms with E-state index in [-0.39, 0.29) is 6.04 Å². The Morgan fingerprint density at radius 3 is 2.62 bits per heavy atom. The van der Waals surface area contributed by atoms with Crippen LogP contribution in [0, 0.1) is 0 Å². The third-order valence-electron chi connectivity index (χ3n) is 3.61. The summed E-state index contributed by atoms with van der Waals surface area (Å²) >= 11 is 0. The fourth-order valence-electron chi connectivity index (χ4n) is 2.61. The number of methoxy groups -OCH3 is 1. The Balaban J connectivity index is 2.00. The van der Waals surface area contributed by atoms with E-state index < -0.39 is 0 Å².